The zero-order chi connectivity index (χ0) is 21.2. The molecule has 29 heavy (non-hydrogen) atoms. The average Bonchev–Trinajstić information content (AvgIpc) is 3.20. The minimum atomic E-state index is -4.65. The average molecular weight is 427 g/mol. The molecule has 0 spiro atoms. The van der Waals surface area contributed by atoms with Crippen LogP contribution in [0.3, 0.4) is 0 Å². The van der Waals surface area contributed by atoms with E-state index in [4.69, 9.17) is 11.6 Å². The SMILES string of the molecule is Cc1ccccc1Cn1cnc(NC(=O)CCn2nc(C(F)(F)F)c(Cl)c2C)n1. The van der Waals surface area contributed by atoms with E-state index in [2.05, 4.69) is 20.5 Å². The molecule has 2 aromatic heterocycles. The van der Waals surface area contributed by atoms with E-state index in [1.807, 2.05) is 31.2 Å². The monoisotopic (exact) mass is 426 g/mol. The summed E-state index contributed by atoms with van der Waals surface area (Å²) in [4.78, 5) is 16.1. The summed E-state index contributed by atoms with van der Waals surface area (Å²) in [5.74, 6) is -0.326. The van der Waals surface area contributed by atoms with Gasteiger partial charge in [-0.3, -0.25) is 14.8 Å². The zero-order valence-corrected chi connectivity index (χ0v) is 16.4. The van der Waals surface area contributed by atoms with Crippen LogP contribution in [-0.2, 0) is 24.1 Å². The lowest BCUT2D eigenvalue weighted by atomic mass is 10.1. The van der Waals surface area contributed by atoms with Gasteiger partial charge in [-0.15, -0.1) is 5.10 Å². The number of halogens is 4. The highest BCUT2D eigenvalue weighted by Crippen LogP contribution is 2.35. The second kappa shape index (κ2) is 8.24. The van der Waals surface area contributed by atoms with E-state index in [0.29, 0.717) is 6.54 Å². The third kappa shape index (κ3) is 4.94. The number of carbonyl (C=O) groups is 1. The molecule has 1 N–H and O–H groups in total. The van der Waals surface area contributed by atoms with Crippen molar-refractivity contribution in [2.75, 3.05) is 5.32 Å². The number of aryl methyl sites for hydroxylation is 2. The van der Waals surface area contributed by atoms with Crippen LogP contribution in [0, 0.1) is 13.8 Å². The molecule has 1 amide bonds. The number of anilines is 1. The second-order valence-electron chi connectivity index (χ2n) is 6.46. The Morgan fingerprint density at radius 2 is 1.93 bits per heavy atom. The van der Waals surface area contributed by atoms with Gasteiger partial charge in [0.05, 0.1) is 23.8 Å². The van der Waals surface area contributed by atoms with Gasteiger partial charge in [-0.1, -0.05) is 35.9 Å². The molecule has 1 aromatic carbocycles. The fourth-order valence-electron chi connectivity index (χ4n) is 2.71. The molecule has 2 heterocycles. The third-order valence-electron chi connectivity index (χ3n) is 4.33. The summed E-state index contributed by atoms with van der Waals surface area (Å²) in [7, 11) is 0. The van der Waals surface area contributed by atoms with Gasteiger partial charge in [0.25, 0.3) is 0 Å². The predicted molar refractivity (Wildman–Crippen MR) is 101 cm³/mol. The first-order valence-corrected chi connectivity index (χ1v) is 9.07. The van der Waals surface area contributed by atoms with Crippen molar-refractivity contribution < 1.29 is 18.0 Å². The standard InChI is InChI=1S/C18H18ClF3N6O/c1-11-5-3-4-6-13(11)9-27-10-23-17(26-27)24-14(29)7-8-28-12(2)15(19)16(25-28)18(20,21)22/h3-6,10H,7-9H2,1-2H3,(H,24,26,29). The summed E-state index contributed by atoms with van der Waals surface area (Å²) in [6.45, 7) is 3.85. The van der Waals surface area contributed by atoms with Gasteiger partial charge in [0.15, 0.2) is 5.69 Å². The fraction of sp³-hybridized carbons (Fsp3) is 0.333. The summed E-state index contributed by atoms with van der Waals surface area (Å²) < 4.78 is 41.2. The van der Waals surface area contributed by atoms with Crippen molar-refractivity contribution in [3.63, 3.8) is 0 Å². The lowest BCUT2D eigenvalue weighted by molar-refractivity contribution is -0.141. The number of amides is 1. The number of alkyl halides is 3. The maximum absolute atomic E-state index is 12.9. The van der Waals surface area contributed by atoms with Crippen molar-refractivity contribution in [1.29, 1.82) is 0 Å². The van der Waals surface area contributed by atoms with Crippen LogP contribution in [0.5, 0.6) is 0 Å². The Morgan fingerprint density at radius 3 is 2.59 bits per heavy atom. The third-order valence-corrected chi connectivity index (χ3v) is 4.79. The Bertz CT molecular complexity index is 1030. The van der Waals surface area contributed by atoms with Gasteiger partial charge in [0.2, 0.25) is 11.9 Å². The van der Waals surface area contributed by atoms with E-state index in [0.717, 1.165) is 15.8 Å². The molecule has 154 valence electrons. The fourth-order valence-corrected chi connectivity index (χ4v) is 2.95. The van der Waals surface area contributed by atoms with Crippen molar-refractivity contribution in [1.82, 2.24) is 24.5 Å². The number of hydrogen-bond donors (Lipinski definition) is 1. The molecule has 0 bridgehead atoms. The van der Waals surface area contributed by atoms with Crippen LogP contribution in [0.15, 0.2) is 30.6 Å². The maximum atomic E-state index is 12.9. The molecule has 0 aliphatic carbocycles. The molecule has 7 nitrogen and oxygen atoms in total. The van der Waals surface area contributed by atoms with Gasteiger partial charge in [0, 0.05) is 6.42 Å². The molecule has 0 aliphatic rings. The molecular weight excluding hydrogens is 409 g/mol. The molecule has 0 fully saturated rings. The van der Waals surface area contributed by atoms with Crippen LogP contribution in [0.4, 0.5) is 19.1 Å². The number of carbonyl (C=O) groups excluding carboxylic acids is 1. The lowest BCUT2D eigenvalue weighted by Crippen LogP contribution is -2.17. The molecule has 0 atom stereocenters. The molecular formula is C18H18ClF3N6O. The van der Waals surface area contributed by atoms with Gasteiger partial charge in [-0.2, -0.15) is 18.3 Å². The highest BCUT2D eigenvalue weighted by atomic mass is 35.5. The summed E-state index contributed by atoms with van der Waals surface area (Å²) in [6, 6.07) is 7.83. The first-order valence-electron chi connectivity index (χ1n) is 8.69. The molecule has 0 radical (unpaired) electrons. The normalized spacial score (nSPS) is 11.7. The van der Waals surface area contributed by atoms with Gasteiger partial charge >= 0.3 is 6.18 Å². The maximum Gasteiger partial charge on any atom is 0.436 e. The minimum absolute atomic E-state index is 0.0581. The quantitative estimate of drug-likeness (QED) is 0.649. The summed E-state index contributed by atoms with van der Waals surface area (Å²) in [5.41, 5.74) is 1.17. The molecule has 0 unspecified atom stereocenters. The van der Waals surface area contributed by atoms with E-state index in [1.165, 1.54) is 13.3 Å². The highest BCUT2D eigenvalue weighted by Gasteiger charge is 2.38. The van der Waals surface area contributed by atoms with Gasteiger partial charge in [-0.25, -0.2) is 9.67 Å². The Kier molecular flexibility index (Phi) is 5.92. The van der Waals surface area contributed by atoms with Gasteiger partial charge in [-0.05, 0) is 25.0 Å². The van der Waals surface area contributed by atoms with Crippen LogP contribution in [0.25, 0.3) is 0 Å². The summed E-state index contributed by atoms with van der Waals surface area (Å²) in [5, 5.41) is 9.72. The molecule has 0 saturated heterocycles. The topological polar surface area (TPSA) is 77.6 Å². The van der Waals surface area contributed by atoms with E-state index in [1.54, 1.807) is 4.68 Å². The van der Waals surface area contributed by atoms with Crippen LogP contribution >= 0.6 is 11.6 Å². The highest BCUT2D eigenvalue weighted by molar-refractivity contribution is 6.31. The Labute approximate surface area is 169 Å². The number of rotatable bonds is 6. The molecule has 11 heteroatoms. The van der Waals surface area contributed by atoms with Crippen molar-refractivity contribution in [3.8, 4) is 0 Å². The Morgan fingerprint density at radius 1 is 1.21 bits per heavy atom. The number of nitrogens with zero attached hydrogens (tertiary/aromatic N) is 5. The lowest BCUT2D eigenvalue weighted by Gasteiger charge is -2.05. The zero-order valence-electron chi connectivity index (χ0n) is 15.7. The summed E-state index contributed by atoms with van der Waals surface area (Å²) in [6.07, 6.45) is -3.26. The molecule has 0 aliphatic heterocycles. The van der Waals surface area contributed by atoms with E-state index < -0.39 is 22.8 Å². The minimum Gasteiger partial charge on any atom is -0.293 e. The van der Waals surface area contributed by atoms with Crippen molar-refractivity contribution in [3.05, 3.63) is 58.1 Å². The van der Waals surface area contributed by atoms with Crippen LogP contribution in [-0.4, -0.2) is 30.5 Å². The molecule has 3 aromatic rings. The second-order valence-corrected chi connectivity index (χ2v) is 6.84. The Balaban J connectivity index is 1.58. The van der Waals surface area contributed by atoms with Crippen molar-refractivity contribution in [2.24, 2.45) is 0 Å². The predicted octanol–water partition coefficient (Wildman–Crippen LogP) is 3.84. The van der Waals surface area contributed by atoms with E-state index in [9.17, 15) is 18.0 Å². The van der Waals surface area contributed by atoms with E-state index in [-0.39, 0.29) is 24.6 Å². The molecule has 0 saturated carbocycles. The van der Waals surface area contributed by atoms with Crippen molar-refractivity contribution >= 4 is 23.5 Å². The van der Waals surface area contributed by atoms with Gasteiger partial charge < -0.3 is 0 Å². The number of aromatic nitrogens is 5. The largest absolute Gasteiger partial charge is 0.436 e. The number of nitrogens with one attached hydrogen (secondary N) is 1. The van der Waals surface area contributed by atoms with Crippen molar-refractivity contribution in [2.45, 2.75) is 39.5 Å². The van der Waals surface area contributed by atoms with Crippen LogP contribution in [0.1, 0.15) is 28.9 Å². The van der Waals surface area contributed by atoms with E-state index >= 15 is 0 Å². The smallest absolute Gasteiger partial charge is 0.293 e. The summed E-state index contributed by atoms with van der Waals surface area (Å²) >= 11 is 5.70. The van der Waals surface area contributed by atoms with Gasteiger partial charge in [0.1, 0.15) is 6.33 Å². The number of benzene rings is 1. The van der Waals surface area contributed by atoms with Crippen LogP contribution < -0.4 is 5.32 Å². The first kappa shape index (κ1) is 20.8. The van der Waals surface area contributed by atoms with Crippen LogP contribution in [0.2, 0.25) is 5.02 Å². The number of hydrogen-bond acceptors (Lipinski definition) is 4. The first-order chi connectivity index (χ1) is 13.6. The molecule has 3 rings (SSSR count). The Hall–Kier alpha value is -2.88.